The van der Waals surface area contributed by atoms with Crippen LogP contribution in [-0.4, -0.2) is 17.9 Å². The van der Waals surface area contributed by atoms with E-state index >= 15 is 0 Å². The van der Waals surface area contributed by atoms with Crippen LogP contribution in [0.3, 0.4) is 0 Å². The average Bonchev–Trinajstić information content (AvgIpc) is 2.48. The molecule has 0 radical (unpaired) electrons. The first-order valence-electron chi connectivity index (χ1n) is 4.05. The summed E-state index contributed by atoms with van der Waals surface area (Å²) in [4.78, 5) is 11.3. The fourth-order valence-corrected chi connectivity index (χ4v) is 2.07. The van der Waals surface area contributed by atoms with Gasteiger partial charge in [0.1, 0.15) is 0 Å². The van der Waals surface area contributed by atoms with E-state index in [9.17, 15) is 4.79 Å². The summed E-state index contributed by atoms with van der Waals surface area (Å²) >= 11 is 3.30. The van der Waals surface area contributed by atoms with Gasteiger partial charge in [0, 0.05) is 17.6 Å². The van der Waals surface area contributed by atoms with Crippen LogP contribution in [-0.2, 0) is 4.79 Å². The maximum absolute atomic E-state index is 11.3. The number of anilines is 1. The first kappa shape index (κ1) is 10.6. The van der Waals surface area contributed by atoms with Crippen LogP contribution in [0.1, 0.15) is 12.0 Å². The van der Waals surface area contributed by atoms with E-state index in [1.165, 1.54) is 0 Å². The highest BCUT2D eigenvalue weighted by atomic mass is 32.2. The third kappa shape index (κ3) is 3.40. The number of carbonyl (C=O) groups is 1. The molecule has 4 heteroatoms. The molecule has 0 aliphatic heterocycles. The number of rotatable bonds is 4. The van der Waals surface area contributed by atoms with E-state index in [1.54, 1.807) is 23.1 Å². The summed E-state index contributed by atoms with van der Waals surface area (Å²) in [6, 6.07) is 0. The highest BCUT2D eigenvalue weighted by molar-refractivity contribution is 7.98. The lowest BCUT2D eigenvalue weighted by molar-refractivity contribution is -0.115. The van der Waals surface area contributed by atoms with Crippen molar-refractivity contribution in [2.75, 3.05) is 17.3 Å². The van der Waals surface area contributed by atoms with E-state index in [0.717, 1.165) is 17.0 Å². The Balaban J connectivity index is 2.41. The minimum Gasteiger partial charge on any atom is -0.325 e. The van der Waals surface area contributed by atoms with Gasteiger partial charge in [-0.1, -0.05) is 0 Å². The van der Waals surface area contributed by atoms with Gasteiger partial charge in [-0.25, -0.2) is 0 Å². The second kappa shape index (κ2) is 5.29. The quantitative estimate of drug-likeness (QED) is 0.836. The van der Waals surface area contributed by atoms with Crippen LogP contribution in [0.15, 0.2) is 10.8 Å². The Morgan fingerprint density at radius 2 is 2.38 bits per heavy atom. The van der Waals surface area contributed by atoms with Gasteiger partial charge >= 0.3 is 0 Å². The molecule has 2 nitrogen and oxygen atoms in total. The first-order valence-corrected chi connectivity index (χ1v) is 6.39. The Kier molecular flexibility index (Phi) is 4.32. The van der Waals surface area contributed by atoms with Crippen LogP contribution in [0.5, 0.6) is 0 Å². The normalized spacial score (nSPS) is 10.0. The predicted molar refractivity (Wildman–Crippen MR) is 60.7 cm³/mol. The molecule has 0 saturated carbocycles. The van der Waals surface area contributed by atoms with Crippen molar-refractivity contribution in [1.82, 2.24) is 0 Å². The number of thiophene rings is 1. The largest absolute Gasteiger partial charge is 0.325 e. The molecule has 13 heavy (non-hydrogen) atoms. The highest BCUT2D eigenvalue weighted by Crippen LogP contribution is 2.19. The van der Waals surface area contributed by atoms with Crippen molar-refractivity contribution in [2.24, 2.45) is 0 Å². The molecule has 1 rings (SSSR count). The van der Waals surface area contributed by atoms with Gasteiger partial charge in [-0.05, 0) is 24.1 Å². The predicted octanol–water partition coefficient (Wildman–Crippen LogP) is 2.75. The zero-order chi connectivity index (χ0) is 9.68. The van der Waals surface area contributed by atoms with Crippen molar-refractivity contribution in [1.29, 1.82) is 0 Å². The van der Waals surface area contributed by atoms with Crippen molar-refractivity contribution in [3.8, 4) is 0 Å². The molecule has 0 fully saturated rings. The number of hydrogen-bond donors (Lipinski definition) is 1. The molecular formula is C9H13NOS2. The fraction of sp³-hybridized carbons (Fsp3) is 0.444. The number of hydrogen-bond acceptors (Lipinski definition) is 3. The van der Waals surface area contributed by atoms with Crippen LogP contribution in [0.4, 0.5) is 5.69 Å². The fourth-order valence-electron chi connectivity index (χ4n) is 0.896. The average molecular weight is 215 g/mol. The Bertz CT molecular complexity index is 283. The van der Waals surface area contributed by atoms with Crippen molar-refractivity contribution in [3.63, 3.8) is 0 Å². The van der Waals surface area contributed by atoms with Crippen LogP contribution in [0, 0.1) is 6.92 Å². The smallest absolute Gasteiger partial charge is 0.225 e. The van der Waals surface area contributed by atoms with Crippen LogP contribution >= 0.6 is 23.1 Å². The lowest BCUT2D eigenvalue weighted by Gasteiger charge is -2.02. The lowest BCUT2D eigenvalue weighted by atomic mass is 10.3. The van der Waals surface area contributed by atoms with E-state index in [2.05, 4.69) is 5.32 Å². The van der Waals surface area contributed by atoms with Gasteiger partial charge in [0.25, 0.3) is 0 Å². The van der Waals surface area contributed by atoms with Gasteiger partial charge in [-0.15, -0.1) is 11.3 Å². The molecule has 0 saturated heterocycles. The van der Waals surface area contributed by atoms with Gasteiger partial charge in [0.15, 0.2) is 0 Å². The summed E-state index contributed by atoms with van der Waals surface area (Å²) < 4.78 is 0. The third-order valence-electron chi connectivity index (χ3n) is 1.66. The Morgan fingerprint density at radius 3 is 2.92 bits per heavy atom. The van der Waals surface area contributed by atoms with Crippen LogP contribution in [0.2, 0.25) is 0 Å². The number of amides is 1. The zero-order valence-corrected chi connectivity index (χ0v) is 9.43. The molecule has 1 N–H and O–H groups in total. The SMILES string of the molecule is CSCCC(=O)Nc1cscc1C. The summed E-state index contributed by atoms with van der Waals surface area (Å²) in [5.74, 6) is 0.991. The molecule has 0 aliphatic carbocycles. The number of aryl methyl sites for hydroxylation is 1. The summed E-state index contributed by atoms with van der Waals surface area (Å²) in [6.45, 7) is 2.00. The molecule has 0 aliphatic rings. The molecule has 72 valence electrons. The van der Waals surface area contributed by atoms with E-state index < -0.39 is 0 Å². The molecular weight excluding hydrogens is 202 g/mol. The maximum Gasteiger partial charge on any atom is 0.225 e. The Hall–Kier alpha value is -0.480. The second-order valence-electron chi connectivity index (χ2n) is 2.76. The topological polar surface area (TPSA) is 29.1 Å². The lowest BCUT2D eigenvalue weighted by Crippen LogP contribution is -2.12. The van der Waals surface area contributed by atoms with Crippen molar-refractivity contribution in [3.05, 3.63) is 16.3 Å². The molecule has 0 unspecified atom stereocenters. The van der Waals surface area contributed by atoms with E-state index in [1.807, 2.05) is 23.9 Å². The summed E-state index contributed by atoms with van der Waals surface area (Å²) in [7, 11) is 0. The zero-order valence-electron chi connectivity index (χ0n) is 7.79. The Morgan fingerprint density at radius 1 is 1.62 bits per heavy atom. The first-order chi connectivity index (χ1) is 6.24. The van der Waals surface area contributed by atoms with Gasteiger partial charge < -0.3 is 5.32 Å². The minimum atomic E-state index is 0.107. The van der Waals surface area contributed by atoms with Crippen molar-refractivity contribution < 1.29 is 4.79 Å². The second-order valence-corrected chi connectivity index (χ2v) is 4.49. The monoisotopic (exact) mass is 215 g/mol. The van der Waals surface area contributed by atoms with Crippen LogP contribution < -0.4 is 5.32 Å². The van der Waals surface area contributed by atoms with Gasteiger partial charge in [0.2, 0.25) is 5.91 Å². The molecule has 1 amide bonds. The van der Waals surface area contributed by atoms with Crippen molar-refractivity contribution >= 4 is 34.7 Å². The summed E-state index contributed by atoms with van der Waals surface area (Å²) in [5.41, 5.74) is 2.10. The van der Waals surface area contributed by atoms with E-state index in [-0.39, 0.29) is 5.91 Å². The maximum atomic E-state index is 11.3. The molecule has 0 atom stereocenters. The van der Waals surface area contributed by atoms with E-state index in [4.69, 9.17) is 0 Å². The molecule has 0 spiro atoms. The van der Waals surface area contributed by atoms with Gasteiger partial charge in [-0.2, -0.15) is 11.8 Å². The van der Waals surface area contributed by atoms with E-state index in [0.29, 0.717) is 6.42 Å². The minimum absolute atomic E-state index is 0.107. The molecule has 0 aromatic carbocycles. The Labute approximate surface area is 86.7 Å². The molecule has 1 aromatic rings. The highest BCUT2D eigenvalue weighted by Gasteiger charge is 2.03. The standard InChI is InChI=1S/C9H13NOS2/c1-7-5-13-6-8(7)10-9(11)3-4-12-2/h5-6H,3-4H2,1-2H3,(H,10,11). The molecule has 1 aromatic heterocycles. The number of thioether (sulfide) groups is 1. The third-order valence-corrected chi connectivity index (χ3v) is 3.14. The molecule has 1 heterocycles. The van der Waals surface area contributed by atoms with Crippen LogP contribution in [0.25, 0.3) is 0 Å². The van der Waals surface area contributed by atoms with Crippen molar-refractivity contribution in [2.45, 2.75) is 13.3 Å². The summed E-state index contributed by atoms with van der Waals surface area (Å²) in [6.07, 6.45) is 2.60. The van der Waals surface area contributed by atoms with Gasteiger partial charge in [-0.3, -0.25) is 4.79 Å². The number of nitrogens with one attached hydrogen (secondary N) is 1. The molecule has 0 bridgehead atoms. The number of carbonyl (C=O) groups excluding carboxylic acids is 1. The van der Waals surface area contributed by atoms with Gasteiger partial charge in [0.05, 0.1) is 5.69 Å². The summed E-state index contributed by atoms with van der Waals surface area (Å²) in [5, 5.41) is 6.88.